The summed E-state index contributed by atoms with van der Waals surface area (Å²) in [6.07, 6.45) is 1.54. The summed E-state index contributed by atoms with van der Waals surface area (Å²) in [7, 11) is 0. The van der Waals surface area contributed by atoms with Crippen molar-refractivity contribution in [3.63, 3.8) is 0 Å². The third-order valence-electron chi connectivity index (χ3n) is 2.16. The zero-order chi connectivity index (χ0) is 11.0. The van der Waals surface area contributed by atoms with Gasteiger partial charge in [-0.1, -0.05) is 23.2 Å². The van der Waals surface area contributed by atoms with Gasteiger partial charge in [0.2, 0.25) is 0 Å². The SMILES string of the molecule is CC(c1ccc(Cl)s1)n1ncc(Cl)c1N. The second kappa shape index (κ2) is 4.04. The fraction of sp³-hybridized carbons (Fsp3) is 0.222. The molecule has 0 aliphatic heterocycles. The van der Waals surface area contributed by atoms with E-state index in [1.54, 1.807) is 10.9 Å². The van der Waals surface area contributed by atoms with E-state index in [9.17, 15) is 0 Å². The van der Waals surface area contributed by atoms with Gasteiger partial charge >= 0.3 is 0 Å². The number of anilines is 1. The van der Waals surface area contributed by atoms with E-state index in [2.05, 4.69) is 5.10 Å². The molecule has 2 aromatic heterocycles. The van der Waals surface area contributed by atoms with Crippen molar-refractivity contribution in [1.29, 1.82) is 0 Å². The van der Waals surface area contributed by atoms with E-state index in [0.717, 1.165) is 9.21 Å². The molecule has 15 heavy (non-hydrogen) atoms. The Kier molecular flexibility index (Phi) is 2.91. The van der Waals surface area contributed by atoms with Crippen LogP contribution in [0.4, 0.5) is 5.82 Å². The third kappa shape index (κ3) is 1.97. The van der Waals surface area contributed by atoms with E-state index in [-0.39, 0.29) is 6.04 Å². The topological polar surface area (TPSA) is 43.8 Å². The van der Waals surface area contributed by atoms with Gasteiger partial charge in [-0.25, -0.2) is 4.68 Å². The molecule has 0 amide bonds. The van der Waals surface area contributed by atoms with Crippen molar-refractivity contribution in [2.45, 2.75) is 13.0 Å². The summed E-state index contributed by atoms with van der Waals surface area (Å²) >= 11 is 13.2. The van der Waals surface area contributed by atoms with Gasteiger partial charge in [-0.2, -0.15) is 5.10 Å². The molecule has 0 saturated carbocycles. The number of thiophene rings is 1. The first-order valence-corrected chi connectivity index (χ1v) is 5.90. The van der Waals surface area contributed by atoms with Gasteiger partial charge in [-0.15, -0.1) is 11.3 Å². The van der Waals surface area contributed by atoms with Gasteiger partial charge in [0.1, 0.15) is 10.8 Å². The fourth-order valence-corrected chi connectivity index (χ4v) is 2.56. The van der Waals surface area contributed by atoms with Gasteiger partial charge in [0.15, 0.2) is 0 Å². The average Bonchev–Trinajstić information content (AvgIpc) is 2.75. The summed E-state index contributed by atoms with van der Waals surface area (Å²) in [6, 6.07) is 3.88. The highest BCUT2D eigenvalue weighted by Crippen LogP contribution is 2.31. The first-order valence-electron chi connectivity index (χ1n) is 4.33. The molecule has 2 rings (SSSR count). The van der Waals surface area contributed by atoms with Gasteiger partial charge in [0, 0.05) is 4.88 Å². The Labute approximate surface area is 101 Å². The van der Waals surface area contributed by atoms with Crippen molar-refractivity contribution in [1.82, 2.24) is 9.78 Å². The molecular formula is C9H9Cl2N3S. The van der Waals surface area contributed by atoms with Crippen molar-refractivity contribution in [2.24, 2.45) is 0 Å². The summed E-state index contributed by atoms with van der Waals surface area (Å²) in [6.45, 7) is 2.00. The van der Waals surface area contributed by atoms with Crippen molar-refractivity contribution in [3.05, 3.63) is 32.6 Å². The first kappa shape index (κ1) is 10.8. The minimum Gasteiger partial charge on any atom is -0.383 e. The average molecular weight is 262 g/mol. The van der Waals surface area contributed by atoms with Crippen LogP contribution in [-0.4, -0.2) is 9.78 Å². The molecule has 2 N–H and O–H groups in total. The van der Waals surface area contributed by atoms with E-state index in [1.165, 1.54) is 11.3 Å². The lowest BCUT2D eigenvalue weighted by Crippen LogP contribution is -2.10. The van der Waals surface area contributed by atoms with Crippen molar-refractivity contribution in [3.8, 4) is 0 Å². The Morgan fingerprint density at radius 3 is 2.67 bits per heavy atom. The number of nitrogens with zero attached hydrogens (tertiary/aromatic N) is 2. The molecule has 1 atom stereocenters. The molecule has 0 spiro atoms. The van der Waals surface area contributed by atoms with Crippen molar-refractivity contribution in [2.75, 3.05) is 5.73 Å². The molecule has 0 bridgehead atoms. The highest BCUT2D eigenvalue weighted by Gasteiger charge is 2.15. The smallest absolute Gasteiger partial charge is 0.141 e. The molecule has 0 fully saturated rings. The molecule has 1 unspecified atom stereocenters. The maximum absolute atomic E-state index is 5.87. The Morgan fingerprint density at radius 1 is 1.47 bits per heavy atom. The highest BCUT2D eigenvalue weighted by atomic mass is 35.5. The second-order valence-corrected chi connectivity index (χ2v) is 5.29. The Hall–Kier alpha value is -0.710. The monoisotopic (exact) mass is 261 g/mol. The largest absolute Gasteiger partial charge is 0.383 e. The van der Waals surface area contributed by atoms with Crippen LogP contribution in [0.3, 0.4) is 0 Å². The molecular weight excluding hydrogens is 253 g/mol. The zero-order valence-electron chi connectivity index (χ0n) is 7.95. The fourth-order valence-electron chi connectivity index (χ4n) is 1.33. The van der Waals surface area contributed by atoms with Crippen LogP contribution in [0.15, 0.2) is 18.3 Å². The molecule has 0 aliphatic carbocycles. The molecule has 0 radical (unpaired) electrons. The van der Waals surface area contributed by atoms with Crippen LogP contribution in [0, 0.1) is 0 Å². The number of nitrogen functional groups attached to an aromatic ring is 1. The van der Waals surface area contributed by atoms with Gasteiger partial charge in [0.05, 0.1) is 16.6 Å². The summed E-state index contributed by atoms with van der Waals surface area (Å²) in [5, 5.41) is 4.60. The molecule has 6 heteroatoms. The summed E-state index contributed by atoms with van der Waals surface area (Å²) in [5.74, 6) is 0.480. The van der Waals surface area contributed by atoms with Crippen LogP contribution >= 0.6 is 34.5 Å². The van der Waals surface area contributed by atoms with Crippen LogP contribution in [0.2, 0.25) is 9.36 Å². The molecule has 3 nitrogen and oxygen atoms in total. The maximum Gasteiger partial charge on any atom is 0.141 e. The zero-order valence-corrected chi connectivity index (χ0v) is 10.3. The van der Waals surface area contributed by atoms with Crippen LogP contribution in [0.1, 0.15) is 17.8 Å². The van der Waals surface area contributed by atoms with Crippen molar-refractivity contribution >= 4 is 40.4 Å². The lowest BCUT2D eigenvalue weighted by atomic mass is 10.3. The summed E-state index contributed by atoms with van der Waals surface area (Å²) in [4.78, 5) is 1.10. The van der Waals surface area contributed by atoms with E-state index >= 15 is 0 Å². The van der Waals surface area contributed by atoms with Gasteiger partial charge in [0.25, 0.3) is 0 Å². The van der Waals surface area contributed by atoms with E-state index < -0.39 is 0 Å². The number of hydrogen-bond acceptors (Lipinski definition) is 3. The van der Waals surface area contributed by atoms with Crippen LogP contribution in [0.25, 0.3) is 0 Å². The molecule has 2 heterocycles. The highest BCUT2D eigenvalue weighted by molar-refractivity contribution is 7.16. The number of hydrogen-bond donors (Lipinski definition) is 1. The van der Waals surface area contributed by atoms with E-state index in [1.807, 2.05) is 19.1 Å². The Morgan fingerprint density at radius 2 is 2.20 bits per heavy atom. The predicted octanol–water partition coefficient (Wildman–Crippen LogP) is 3.44. The second-order valence-electron chi connectivity index (χ2n) is 3.14. The number of nitrogens with two attached hydrogens (primary N) is 1. The molecule has 0 aliphatic rings. The van der Waals surface area contributed by atoms with E-state index in [4.69, 9.17) is 28.9 Å². The molecule has 0 saturated heterocycles. The maximum atomic E-state index is 5.87. The predicted molar refractivity (Wildman–Crippen MR) is 64.8 cm³/mol. The standard InChI is InChI=1S/C9H9Cl2N3S/c1-5(7-2-3-8(11)15-7)14-9(12)6(10)4-13-14/h2-5H,12H2,1H3. The summed E-state index contributed by atoms with van der Waals surface area (Å²) < 4.78 is 2.44. The Balaban J connectivity index is 2.36. The minimum absolute atomic E-state index is 0.0509. The van der Waals surface area contributed by atoms with Crippen LogP contribution < -0.4 is 5.73 Å². The van der Waals surface area contributed by atoms with Gasteiger partial charge in [-0.05, 0) is 19.1 Å². The third-order valence-corrected chi connectivity index (χ3v) is 3.85. The number of aromatic nitrogens is 2. The van der Waals surface area contributed by atoms with Crippen LogP contribution in [-0.2, 0) is 0 Å². The Bertz CT molecular complexity index is 477. The first-order chi connectivity index (χ1) is 7.09. The lowest BCUT2D eigenvalue weighted by Gasteiger charge is -2.11. The molecule has 2 aromatic rings. The van der Waals surface area contributed by atoms with E-state index in [0.29, 0.717) is 10.8 Å². The lowest BCUT2D eigenvalue weighted by molar-refractivity contribution is 0.581. The number of halogens is 2. The van der Waals surface area contributed by atoms with Crippen molar-refractivity contribution < 1.29 is 0 Å². The number of rotatable bonds is 2. The quantitative estimate of drug-likeness (QED) is 0.900. The normalized spacial score (nSPS) is 13.0. The van der Waals surface area contributed by atoms with Crippen LogP contribution in [0.5, 0.6) is 0 Å². The van der Waals surface area contributed by atoms with Gasteiger partial charge < -0.3 is 5.73 Å². The minimum atomic E-state index is 0.0509. The van der Waals surface area contributed by atoms with Gasteiger partial charge in [-0.3, -0.25) is 0 Å². The molecule has 80 valence electrons. The molecule has 0 aromatic carbocycles. The summed E-state index contributed by atoms with van der Waals surface area (Å²) in [5.41, 5.74) is 5.79.